The van der Waals surface area contributed by atoms with Crippen molar-refractivity contribution in [2.45, 2.75) is 13.0 Å². The molecule has 0 fully saturated rings. The van der Waals surface area contributed by atoms with Crippen LogP contribution in [0.4, 0.5) is 10.1 Å². The first-order valence-electron chi connectivity index (χ1n) is 6.09. The highest BCUT2D eigenvalue weighted by atomic mass is 35.5. The van der Waals surface area contributed by atoms with E-state index >= 15 is 0 Å². The summed E-state index contributed by atoms with van der Waals surface area (Å²) >= 11 is 12.1. The molecular formula is C15H12Cl2FNO2. The van der Waals surface area contributed by atoms with Crippen molar-refractivity contribution in [2.24, 2.45) is 0 Å². The summed E-state index contributed by atoms with van der Waals surface area (Å²) in [4.78, 5) is 11.5. The number of anilines is 1. The second-order valence-electron chi connectivity index (χ2n) is 4.57. The van der Waals surface area contributed by atoms with Gasteiger partial charge in [-0.15, -0.1) is 0 Å². The van der Waals surface area contributed by atoms with Gasteiger partial charge in [0.2, 0.25) is 0 Å². The molecule has 0 saturated carbocycles. The molecule has 0 saturated heterocycles. The fraction of sp³-hybridized carbons (Fsp3) is 0.133. The zero-order chi connectivity index (χ0) is 15.6. The van der Waals surface area contributed by atoms with E-state index in [0.29, 0.717) is 11.3 Å². The van der Waals surface area contributed by atoms with Crippen molar-refractivity contribution in [1.82, 2.24) is 0 Å². The summed E-state index contributed by atoms with van der Waals surface area (Å²) in [5.41, 5.74) is 1.26. The van der Waals surface area contributed by atoms with E-state index in [1.807, 2.05) is 0 Å². The summed E-state index contributed by atoms with van der Waals surface area (Å²) < 4.78 is 13.4. The second-order valence-corrected chi connectivity index (χ2v) is 5.38. The summed E-state index contributed by atoms with van der Waals surface area (Å²) in [5, 5.41) is 12.6. The predicted octanol–water partition coefficient (Wildman–Crippen LogP) is 4.68. The van der Waals surface area contributed by atoms with Gasteiger partial charge in [-0.05, 0) is 42.8 Å². The van der Waals surface area contributed by atoms with Crippen LogP contribution >= 0.6 is 23.2 Å². The van der Waals surface area contributed by atoms with E-state index in [0.717, 1.165) is 0 Å². The fourth-order valence-electron chi connectivity index (χ4n) is 2.03. The monoisotopic (exact) mass is 327 g/mol. The first-order valence-corrected chi connectivity index (χ1v) is 6.84. The Morgan fingerprint density at radius 3 is 2.38 bits per heavy atom. The Bertz CT molecular complexity index is 651. The van der Waals surface area contributed by atoms with E-state index in [2.05, 4.69) is 5.32 Å². The second kappa shape index (κ2) is 6.33. The average Bonchev–Trinajstić information content (AvgIpc) is 2.35. The molecule has 0 amide bonds. The third kappa shape index (κ3) is 3.65. The Morgan fingerprint density at radius 2 is 1.86 bits per heavy atom. The number of rotatable bonds is 4. The number of carbonyl (C=O) groups is 1. The van der Waals surface area contributed by atoms with Crippen LogP contribution in [-0.2, 0) is 4.79 Å². The highest BCUT2D eigenvalue weighted by Gasteiger charge is 2.25. The van der Waals surface area contributed by atoms with Gasteiger partial charge in [0.1, 0.15) is 5.82 Å². The lowest BCUT2D eigenvalue weighted by atomic mass is 10.1. The van der Waals surface area contributed by atoms with Crippen LogP contribution in [0.5, 0.6) is 0 Å². The Labute approximate surface area is 131 Å². The number of benzene rings is 2. The summed E-state index contributed by atoms with van der Waals surface area (Å²) in [6.45, 7) is 1.71. The molecule has 0 aliphatic carbocycles. The van der Waals surface area contributed by atoms with Gasteiger partial charge < -0.3 is 10.4 Å². The maximum Gasteiger partial charge on any atom is 0.330 e. The maximum atomic E-state index is 13.4. The number of carboxylic acids is 1. The van der Waals surface area contributed by atoms with Crippen molar-refractivity contribution < 1.29 is 14.3 Å². The highest BCUT2D eigenvalue weighted by Crippen LogP contribution is 2.33. The van der Waals surface area contributed by atoms with Crippen LogP contribution < -0.4 is 5.32 Å². The highest BCUT2D eigenvalue weighted by molar-refractivity contribution is 6.36. The van der Waals surface area contributed by atoms with Gasteiger partial charge in [-0.3, -0.25) is 0 Å². The van der Waals surface area contributed by atoms with E-state index in [-0.39, 0.29) is 15.6 Å². The number of carboxylic acid groups (broad SMARTS) is 1. The summed E-state index contributed by atoms with van der Waals surface area (Å²) in [7, 11) is 0. The van der Waals surface area contributed by atoms with Crippen LogP contribution in [0.25, 0.3) is 0 Å². The van der Waals surface area contributed by atoms with Crippen LogP contribution in [0.2, 0.25) is 10.0 Å². The summed E-state index contributed by atoms with van der Waals surface area (Å²) in [6.07, 6.45) is 0. The van der Waals surface area contributed by atoms with E-state index in [9.17, 15) is 14.3 Å². The van der Waals surface area contributed by atoms with Crippen molar-refractivity contribution in [3.05, 3.63) is 63.4 Å². The van der Waals surface area contributed by atoms with Crippen molar-refractivity contribution in [1.29, 1.82) is 0 Å². The summed E-state index contributed by atoms with van der Waals surface area (Å²) in [5.74, 6) is -1.61. The zero-order valence-corrected chi connectivity index (χ0v) is 12.5. The summed E-state index contributed by atoms with van der Waals surface area (Å²) in [6, 6.07) is 7.77. The van der Waals surface area contributed by atoms with Gasteiger partial charge in [0.25, 0.3) is 0 Å². The Hall–Kier alpha value is -1.78. The number of halogens is 3. The normalized spacial score (nSPS) is 12.0. The molecule has 0 spiro atoms. The third-order valence-corrected chi connectivity index (χ3v) is 3.55. The molecule has 3 nitrogen and oxygen atoms in total. The van der Waals surface area contributed by atoms with Crippen molar-refractivity contribution in [3.8, 4) is 0 Å². The van der Waals surface area contributed by atoms with Gasteiger partial charge in [-0.25, -0.2) is 9.18 Å². The lowest BCUT2D eigenvalue weighted by Crippen LogP contribution is -2.21. The Kier molecular flexibility index (Phi) is 4.70. The third-order valence-electron chi connectivity index (χ3n) is 2.89. The SMILES string of the molecule is Cc1cc(F)cc(NC(C(=O)O)c2c(Cl)cccc2Cl)c1. The van der Waals surface area contributed by atoms with Crippen LogP contribution in [0.15, 0.2) is 36.4 Å². The standard InChI is InChI=1S/C15H12Cl2FNO2/c1-8-5-9(18)7-10(6-8)19-14(15(20)21)13-11(16)3-2-4-12(13)17/h2-7,14,19H,1H3,(H,20,21). The van der Waals surface area contributed by atoms with E-state index in [1.165, 1.54) is 12.1 Å². The zero-order valence-electron chi connectivity index (χ0n) is 11.0. The molecule has 1 atom stereocenters. The van der Waals surface area contributed by atoms with Gasteiger partial charge in [0, 0.05) is 21.3 Å². The van der Waals surface area contributed by atoms with Crippen molar-refractivity contribution >= 4 is 34.9 Å². The minimum absolute atomic E-state index is 0.232. The molecule has 0 radical (unpaired) electrons. The first-order chi connectivity index (χ1) is 9.88. The lowest BCUT2D eigenvalue weighted by Gasteiger charge is -2.19. The largest absolute Gasteiger partial charge is 0.479 e. The minimum atomic E-state index is -1.17. The topological polar surface area (TPSA) is 49.3 Å². The molecule has 2 N–H and O–H groups in total. The number of hydrogen-bond donors (Lipinski definition) is 2. The van der Waals surface area contributed by atoms with Crippen LogP contribution in [0.1, 0.15) is 17.2 Å². The van der Waals surface area contributed by atoms with E-state index in [1.54, 1.807) is 31.2 Å². The molecule has 0 aliphatic rings. The number of hydrogen-bond acceptors (Lipinski definition) is 2. The van der Waals surface area contributed by atoms with Gasteiger partial charge in [-0.2, -0.15) is 0 Å². The Balaban J connectivity index is 2.43. The molecule has 0 bridgehead atoms. The molecule has 0 aromatic heterocycles. The van der Waals surface area contributed by atoms with E-state index < -0.39 is 17.8 Å². The van der Waals surface area contributed by atoms with Gasteiger partial charge in [-0.1, -0.05) is 29.3 Å². The molecule has 21 heavy (non-hydrogen) atoms. The predicted molar refractivity (Wildman–Crippen MR) is 81.6 cm³/mol. The van der Waals surface area contributed by atoms with Crippen molar-refractivity contribution in [2.75, 3.05) is 5.32 Å². The molecular weight excluding hydrogens is 316 g/mol. The minimum Gasteiger partial charge on any atom is -0.479 e. The smallest absolute Gasteiger partial charge is 0.330 e. The van der Waals surface area contributed by atoms with Crippen LogP contribution in [0, 0.1) is 12.7 Å². The molecule has 110 valence electrons. The van der Waals surface area contributed by atoms with E-state index in [4.69, 9.17) is 23.2 Å². The van der Waals surface area contributed by atoms with Crippen LogP contribution in [-0.4, -0.2) is 11.1 Å². The number of aliphatic carboxylic acids is 1. The maximum absolute atomic E-state index is 13.4. The molecule has 0 aliphatic heterocycles. The molecule has 1 unspecified atom stereocenters. The van der Waals surface area contributed by atoms with Crippen LogP contribution in [0.3, 0.4) is 0 Å². The quantitative estimate of drug-likeness (QED) is 0.857. The molecule has 2 rings (SSSR count). The molecule has 2 aromatic rings. The molecule has 2 aromatic carbocycles. The number of aryl methyl sites for hydroxylation is 1. The number of nitrogens with one attached hydrogen (secondary N) is 1. The lowest BCUT2D eigenvalue weighted by molar-refractivity contribution is -0.138. The first kappa shape index (κ1) is 15.6. The molecule has 6 heteroatoms. The average molecular weight is 328 g/mol. The van der Waals surface area contributed by atoms with Gasteiger partial charge in [0.15, 0.2) is 6.04 Å². The fourth-order valence-corrected chi connectivity index (χ4v) is 2.65. The van der Waals surface area contributed by atoms with Gasteiger partial charge in [0.05, 0.1) is 0 Å². The Morgan fingerprint density at radius 1 is 1.24 bits per heavy atom. The van der Waals surface area contributed by atoms with Gasteiger partial charge >= 0.3 is 5.97 Å². The molecule has 0 heterocycles. The van der Waals surface area contributed by atoms with Crippen molar-refractivity contribution in [3.63, 3.8) is 0 Å².